The third-order valence-corrected chi connectivity index (χ3v) is 4.18. The molecular formula is C20H20O5. The Hall–Kier alpha value is -2.63. The maximum absolute atomic E-state index is 12.5. The standard InChI is InChI=1S/C20H20O5/c1-20(2,24)19-17(23)15-5-3-4-14(18(15)25-19)16(22)11-8-12-6-9-13(21)10-7-12/h3-11,17,19,21,23-24H,1-2H3/b11-8+. The zero-order valence-electron chi connectivity index (χ0n) is 14.0. The molecule has 5 heteroatoms. The molecule has 2 aromatic carbocycles. The fraction of sp³-hybridized carbons (Fsp3) is 0.250. The second-order valence-electron chi connectivity index (χ2n) is 6.65. The first kappa shape index (κ1) is 17.2. The van der Waals surface area contributed by atoms with Crippen molar-refractivity contribution >= 4 is 11.9 Å². The molecule has 0 saturated carbocycles. The van der Waals surface area contributed by atoms with Gasteiger partial charge in [-0.2, -0.15) is 0 Å². The molecule has 1 aliphatic heterocycles. The Morgan fingerprint density at radius 3 is 2.48 bits per heavy atom. The first-order valence-electron chi connectivity index (χ1n) is 7.99. The number of carbonyl (C=O) groups excluding carboxylic acids is 1. The minimum absolute atomic E-state index is 0.157. The molecule has 3 N–H and O–H groups in total. The number of para-hydroxylation sites is 1. The van der Waals surface area contributed by atoms with Crippen LogP contribution in [0.4, 0.5) is 0 Å². The first-order valence-corrected chi connectivity index (χ1v) is 7.99. The average molecular weight is 340 g/mol. The Kier molecular flexibility index (Phi) is 4.37. The second kappa shape index (κ2) is 6.35. The van der Waals surface area contributed by atoms with E-state index >= 15 is 0 Å². The summed E-state index contributed by atoms with van der Waals surface area (Å²) in [7, 11) is 0. The third kappa shape index (κ3) is 3.43. The van der Waals surface area contributed by atoms with Crippen LogP contribution in [0, 0.1) is 0 Å². The molecular weight excluding hydrogens is 320 g/mol. The largest absolute Gasteiger partial charge is 0.508 e. The number of carbonyl (C=O) groups is 1. The topological polar surface area (TPSA) is 87.0 Å². The molecule has 5 nitrogen and oxygen atoms in total. The Bertz CT molecular complexity index is 815. The van der Waals surface area contributed by atoms with E-state index in [1.54, 1.807) is 50.3 Å². The molecule has 0 bridgehead atoms. The van der Waals surface area contributed by atoms with Gasteiger partial charge in [0, 0.05) is 5.56 Å². The van der Waals surface area contributed by atoms with Gasteiger partial charge in [0.2, 0.25) is 0 Å². The van der Waals surface area contributed by atoms with Crippen LogP contribution in [0.3, 0.4) is 0 Å². The molecule has 2 unspecified atom stereocenters. The summed E-state index contributed by atoms with van der Waals surface area (Å²) < 4.78 is 5.72. The molecule has 0 amide bonds. The van der Waals surface area contributed by atoms with Crippen LogP contribution in [0.5, 0.6) is 11.5 Å². The van der Waals surface area contributed by atoms with Gasteiger partial charge in [-0.25, -0.2) is 0 Å². The van der Waals surface area contributed by atoms with Gasteiger partial charge in [-0.3, -0.25) is 4.79 Å². The predicted molar refractivity (Wildman–Crippen MR) is 93.6 cm³/mol. The Balaban J connectivity index is 1.88. The summed E-state index contributed by atoms with van der Waals surface area (Å²) in [4.78, 5) is 12.5. The second-order valence-corrected chi connectivity index (χ2v) is 6.65. The quantitative estimate of drug-likeness (QED) is 0.588. The van der Waals surface area contributed by atoms with Gasteiger partial charge in [-0.1, -0.05) is 30.3 Å². The number of rotatable bonds is 4. The van der Waals surface area contributed by atoms with Gasteiger partial charge >= 0.3 is 0 Å². The lowest BCUT2D eigenvalue weighted by atomic mass is 9.94. The van der Waals surface area contributed by atoms with Crippen molar-refractivity contribution in [1.82, 2.24) is 0 Å². The number of aliphatic hydroxyl groups excluding tert-OH is 1. The average Bonchev–Trinajstić information content (AvgIpc) is 2.91. The van der Waals surface area contributed by atoms with Crippen LogP contribution in [-0.4, -0.2) is 32.8 Å². The molecule has 2 aromatic rings. The number of aromatic hydroxyl groups is 1. The number of benzene rings is 2. The summed E-state index contributed by atoms with van der Waals surface area (Å²) in [5, 5.41) is 29.8. The Labute approximate surface area is 145 Å². The molecule has 1 heterocycles. The molecule has 25 heavy (non-hydrogen) atoms. The lowest BCUT2D eigenvalue weighted by molar-refractivity contribution is -0.0763. The van der Waals surface area contributed by atoms with Gasteiger partial charge in [-0.05, 0) is 43.7 Å². The van der Waals surface area contributed by atoms with Gasteiger partial charge in [0.1, 0.15) is 17.6 Å². The van der Waals surface area contributed by atoms with Crippen LogP contribution in [0.2, 0.25) is 0 Å². The Morgan fingerprint density at radius 2 is 1.84 bits per heavy atom. The van der Waals surface area contributed by atoms with Crippen molar-refractivity contribution in [1.29, 1.82) is 0 Å². The molecule has 0 aliphatic carbocycles. The van der Waals surface area contributed by atoms with E-state index in [1.807, 2.05) is 0 Å². The summed E-state index contributed by atoms with van der Waals surface area (Å²) >= 11 is 0. The molecule has 3 rings (SSSR count). The van der Waals surface area contributed by atoms with Crippen LogP contribution in [0.1, 0.15) is 41.4 Å². The highest BCUT2D eigenvalue weighted by atomic mass is 16.5. The van der Waals surface area contributed by atoms with Gasteiger partial charge in [0.15, 0.2) is 11.9 Å². The smallest absolute Gasteiger partial charge is 0.189 e. The molecule has 0 aromatic heterocycles. The van der Waals surface area contributed by atoms with Crippen LogP contribution < -0.4 is 4.74 Å². The number of ketones is 1. The van der Waals surface area contributed by atoms with E-state index in [4.69, 9.17) is 4.74 Å². The first-order chi connectivity index (χ1) is 11.8. The summed E-state index contributed by atoms with van der Waals surface area (Å²) in [5.74, 6) is 0.195. The fourth-order valence-corrected chi connectivity index (χ4v) is 2.85. The number of phenols is 1. The van der Waals surface area contributed by atoms with E-state index in [-0.39, 0.29) is 11.5 Å². The van der Waals surface area contributed by atoms with E-state index in [2.05, 4.69) is 0 Å². The van der Waals surface area contributed by atoms with Crippen LogP contribution >= 0.6 is 0 Å². The molecule has 130 valence electrons. The summed E-state index contributed by atoms with van der Waals surface area (Å²) in [6.45, 7) is 3.11. The molecule has 0 radical (unpaired) electrons. The van der Waals surface area contributed by atoms with Crippen molar-refractivity contribution in [3.63, 3.8) is 0 Å². The van der Waals surface area contributed by atoms with Crippen molar-refractivity contribution in [2.75, 3.05) is 0 Å². The van der Waals surface area contributed by atoms with Crippen molar-refractivity contribution in [3.8, 4) is 11.5 Å². The van der Waals surface area contributed by atoms with Crippen molar-refractivity contribution in [2.45, 2.75) is 31.7 Å². The highest BCUT2D eigenvalue weighted by Gasteiger charge is 2.43. The van der Waals surface area contributed by atoms with E-state index in [9.17, 15) is 20.1 Å². The highest BCUT2D eigenvalue weighted by Crippen LogP contribution is 2.42. The Morgan fingerprint density at radius 1 is 1.16 bits per heavy atom. The number of allylic oxidation sites excluding steroid dienone is 1. The summed E-state index contributed by atoms with van der Waals surface area (Å²) in [6.07, 6.45) is 1.22. The van der Waals surface area contributed by atoms with Crippen LogP contribution in [-0.2, 0) is 0 Å². The van der Waals surface area contributed by atoms with E-state index in [0.717, 1.165) is 5.56 Å². The van der Waals surface area contributed by atoms with Crippen LogP contribution in [0.15, 0.2) is 48.5 Å². The maximum atomic E-state index is 12.5. The monoisotopic (exact) mass is 340 g/mol. The zero-order chi connectivity index (χ0) is 18.2. The minimum atomic E-state index is -1.25. The number of phenolic OH excluding ortho intramolecular Hbond substituents is 1. The molecule has 0 fully saturated rings. The zero-order valence-corrected chi connectivity index (χ0v) is 14.0. The van der Waals surface area contributed by atoms with Gasteiger partial charge in [0.25, 0.3) is 0 Å². The number of ether oxygens (including phenoxy) is 1. The van der Waals surface area contributed by atoms with Gasteiger partial charge < -0.3 is 20.1 Å². The van der Waals surface area contributed by atoms with Crippen molar-refractivity contribution < 1.29 is 24.9 Å². The third-order valence-electron chi connectivity index (χ3n) is 4.18. The minimum Gasteiger partial charge on any atom is -0.508 e. The lowest BCUT2D eigenvalue weighted by Crippen LogP contribution is -2.41. The lowest BCUT2D eigenvalue weighted by Gasteiger charge is -2.27. The SMILES string of the molecule is CC(C)(O)C1Oc2c(C(=O)/C=C/c3ccc(O)cc3)cccc2C1O. The molecule has 0 spiro atoms. The molecule has 2 atom stereocenters. The number of hydrogen-bond acceptors (Lipinski definition) is 5. The maximum Gasteiger partial charge on any atom is 0.189 e. The van der Waals surface area contributed by atoms with Gasteiger partial charge in [-0.15, -0.1) is 0 Å². The number of fused-ring (bicyclic) bond motifs is 1. The summed E-state index contributed by atoms with van der Waals surface area (Å²) in [5.41, 5.74) is 0.351. The number of aliphatic hydroxyl groups is 2. The van der Waals surface area contributed by atoms with Crippen molar-refractivity contribution in [2.24, 2.45) is 0 Å². The fourth-order valence-electron chi connectivity index (χ4n) is 2.85. The number of hydrogen-bond donors (Lipinski definition) is 3. The highest BCUT2D eigenvalue weighted by molar-refractivity contribution is 6.09. The normalized spacial score (nSPS) is 19.7. The predicted octanol–water partition coefficient (Wildman–Crippen LogP) is 2.85. The van der Waals surface area contributed by atoms with E-state index < -0.39 is 17.8 Å². The van der Waals surface area contributed by atoms with E-state index in [1.165, 1.54) is 18.2 Å². The molecule has 0 saturated heterocycles. The van der Waals surface area contributed by atoms with Crippen LogP contribution in [0.25, 0.3) is 6.08 Å². The van der Waals surface area contributed by atoms with Gasteiger partial charge in [0.05, 0.1) is 11.2 Å². The molecule has 1 aliphatic rings. The summed E-state index contributed by atoms with van der Waals surface area (Å²) in [6, 6.07) is 11.5. The van der Waals surface area contributed by atoms with E-state index in [0.29, 0.717) is 16.9 Å². The van der Waals surface area contributed by atoms with Crippen molar-refractivity contribution in [3.05, 3.63) is 65.2 Å².